The first-order valence-corrected chi connectivity index (χ1v) is 7.77. The zero-order valence-corrected chi connectivity index (χ0v) is 13.4. The summed E-state index contributed by atoms with van der Waals surface area (Å²) in [6.45, 7) is 4.08. The number of nitrogens with zero attached hydrogens (tertiary/aromatic N) is 7. The molecule has 0 saturated heterocycles. The maximum atomic E-state index is 5.57. The van der Waals surface area contributed by atoms with E-state index in [-0.39, 0.29) is 11.9 Å². The topological polar surface area (TPSA) is 134 Å². The minimum absolute atomic E-state index is 0.0993. The van der Waals surface area contributed by atoms with Crippen molar-refractivity contribution in [2.75, 3.05) is 11.5 Å². The summed E-state index contributed by atoms with van der Waals surface area (Å²) in [6.07, 6.45) is 0. The van der Waals surface area contributed by atoms with Crippen LogP contribution in [0, 0.1) is 13.8 Å². The number of anilines is 2. The number of nitrogens with two attached hydrogens (primary N) is 2. The Bertz CT molecular complexity index is 825. The summed E-state index contributed by atoms with van der Waals surface area (Å²) in [5, 5.41) is 12.5. The molecule has 2 aromatic heterocycles. The predicted octanol–water partition coefficient (Wildman–Crippen LogP) is 0.921. The van der Waals surface area contributed by atoms with Crippen LogP contribution >= 0.6 is 11.8 Å². The van der Waals surface area contributed by atoms with Gasteiger partial charge in [-0.3, -0.25) is 0 Å². The van der Waals surface area contributed by atoms with Crippen molar-refractivity contribution in [3.63, 3.8) is 0 Å². The summed E-state index contributed by atoms with van der Waals surface area (Å²) < 4.78 is 1.70. The van der Waals surface area contributed by atoms with Crippen molar-refractivity contribution in [1.29, 1.82) is 0 Å². The van der Waals surface area contributed by atoms with Gasteiger partial charge in [-0.1, -0.05) is 23.9 Å². The Kier molecular flexibility index (Phi) is 4.06. The van der Waals surface area contributed by atoms with Gasteiger partial charge in [0.1, 0.15) is 5.82 Å². The highest BCUT2D eigenvalue weighted by molar-refractivity contribution is 7.98. The average molecular weight is 329 g/mol. The minimum atomic E-state index is 0.0993. The smallest absolute Gasteiger partial charge is 0.225 e. The summed E-state index contributed by atoms with van der Waals surface area (Å²) in [7, 11) is 0. The van der Waals surface area contributed by atoms with Crippen molar-refractivity contribution in [3.05, 3.63) is 35.2 Å². The molecule has 118 valence electrons. The van der Waals surface area contributed by atoms with Crippen molar-refractivity contribution in [2.24, 2.45) is 0 Å². The molecule has 0 unspecified atom stereocenters. The van der Waals surface area contributed by atoms with Crippen LogP contribution in [-0.2, 0) is 5.75 Å². The Morgan fingerprint density at radius 2 is 1.83 bits per heavy atom. The third-order valence-corrected chi connectivity index (χ3v) is 4.21. The molecule has 3 rings (SSSR count). The zero-order valence-electron chi connectivity index (χ0n) is 12.6. The highest BCUT2D eigenvalue weighted by Crippen LogP contribution is 2.24. The van der Waals surface area contributed by atoms with E-state index >= 15 is 0 Å². The maximum Gasteiger partial charge on any atom is 0.225 e. The highest BCUT2D eigenvalue weighted by atomic mass is 32.2. The molecule has 4 N–H and O–H groups in total. The fourth-order valence-corrected chi connectivity index (χ4v) is 2.77. The summed E-state index contributed by atoms with van der Waals surface area (Å²) >= 11 is 1.40. The number of aromatic nitrogens is 7. The molecule has 0 aliphatic rings. The van der Waals surface area contributed by atoms with E-state index in [1.165, 1.54) is 17.3 Å². The van der Waals surface area contributed by atoms with E-state index in [9.17, 15) is 0 Å². The van der Waals surface area contributed by atoms with Crippen LogP contribution in [0.2, 0.25) is 0 Å². The predicted molar refractivity (Wildman–Crippen MR) is 86.8 cm³/mol. The van der Waals surface area contributed by atoms with Crippen molar-refractivity contribution in [3.8, 4) is 5.69 Å². The Balaban J connectivity index is 1.85. The molecule has 0 spiro atoms. The van der Waals surface area contributed by atoms with Crippen LogP contribution in [0.1, 0.15) is 17.0 Å². The van der Waals surface area contributed by atoms with Gasteiger partial charge in [0.25, 0.3) is 0 Å². The first kappa shape index (κ1) is 15.2. The lowest BCUT2D eigenvalue weighted by atomic mass is 10.1. The van der Waals surface area contributed by atoms with E-state index in [2.05, 4.69) is 30.5 Å². The molecule has 0 aliphatic carbocycles. The van der Waals surface area contributed by atoms with Gasteiger partial charge in [0.15, 0.2) is 0 Å². The lowest BCUT2D eigenvalue weighted by molar-refractivity contribution is 0.750. The molecule has 9 nitrogen and oxygen atoms in total. The quantitative estimate of drug-likeness (QED) is 0.670. The molecule has 0 fully saturated rings. The standard InChI is InChI=1S/C13H15N9S/c1-7-4-3-5-9(8(7)2)22-13(19-20-21-22)23-6-10-16-11(14)18-12(15)17-10/h3-5H,6H2,1-2H3,(H4,14,15,16,17,18). The largest absolute Gasteiger partial charge is 0.368 e. The Morgan fingerprint density at radius 1 is 1.09 bits per heavy atom. The van der Waals surface area contributed by atoms with E-state index in [0.717, 1.165) is 11.3 Å². The Hall–Kier alpha value is -2.75. The molecule has 0 bridgehead atoms. The number of nitrogen functional groups attached to an aromatic ring is 2. The van der Waals surface area contributed by atoms with Crippen LogP contribution in [0.3, 0.4) is 0 Å². The number of tetrazole rings is 1. The van der Waals surface area contributed by atoms with Gasteiger partial charge in [-0.05, 0) is 41.5 Å². The number of benzene rings is 1. The summed E-state index contributed by atoms with van der Waals surface area (Å²) in [5.41, 5.74) is 14.4. The van der Waals surface area contributed by atoms with Crippen LogP contribution in [0.15, 0.2) is 23.4 Å². The van der Waals surface area contributed by atoms with Gasteiger partial charge in [-0.2, -0.15) is 19.6 Å². The minimum Gasteiger partial charge on any atom is -0.368 e. The normalized spacial score (nSPS) is 10.9. The molecular formula is C13H15N9S. The second kappa shape index (κ2) is 6.16. The first-order valence-electron chi connectivity index (χ1n) is 6.78. The van der Waals surface area contributed by atoms with Crippen molar-refractivity contribution >= 4 is 23.7 Å². The van der Waals surface area contributed by atoms with Crippen molar-refractivity contribution in [1.82, 2.24) is 35.2 Å². The molecule has 0 saturated carbocycles. The zero-order chi connectivity index (χ0) is 16.4. The van der Waals surface area contributed by atoms with Crippen molar-refractivity contribution in [2.45, 2.75) is 24.8 Å². The second-order valence-corrected chi connectivity index (χ2v) is 5.79. The summed E-state index contributed by atoms with van der Waals surface area (Å²) in [6, 6.07) is 6.00. The van der Waals surface area contributed by atoms with Gasteiger partial charge in [-0.15, -0.1) is 5.10 Å². The molecule has 0 amide bonds. The van der Waals surface area contributed by atoms with Gasteiger partial charge in [0, 0.05) is 0 Å². The average Bonchev–Trinajstić information content (AvgIpc) is 2.95. The maximum absolute atomic E-state index is 5.57. The number of hydrogen-bond acceptors (Lipinski definition) is 9. The number of aryl methyl sites for hydroxylation is 1. The second-order valence-electron chi connectivity index (χ2n) is 4.85. The summed E-state index contributed by atoms with van der Waals surface area (Å²) in [5.74, 6) is 1.11. The fraction of sp³-hybridized carbons (Fsp3) is 0.231. The molecule has 0 atom stereocenters. The highest BCUT2D eigenvalue weighted by Gasteiger charge is 2.13. The SMILES string of the molecule is Cc1cccc(-n2nnnc2SCc2nc(N)nc(N)n2)c1C. The van der Waals surface area contributed by atoms with E-state index < -0.39 is 0 Å². The monoisotopic (exact) mass is 329 g/mol. The lowest BCUT2D eigenvalue weighted by Crippen LogP contribution is -2.06. The lowest BCUT2D eigenvalue weighted by Gasteiger charge is -2.09. The third-order valence-electron chi connectivity index (χ3n) is 3.29. The molecule has 3 aromatic rings. The number of hydrogen-bond donors (Lipinski definition) is 2. The number of thioether (sulfide) groups is 1. The van der Waals surface area contributed by atoms with E-state index in [0.29, 0.717) is 16.7 Å². The van der Waals surface area contributed by atoms with Gasteiger partial charge < -0.3 is 11.5 Å². The molecule has 2 heterocycles. The molecule has 1 aromatic carbocycles. The van der Waals surface area contributed by atoms with E-state index in [1.54, 1.807) is 4.68 Å². The Labute approximate surface area is 136 Å². The molecule has 0 radical (unpaired) electrons. The van der Waals surface area contributed by atoms with Gasteiger partial charge in [0.05, 0.1) is 11.4 Å². The van der Waals surface area contributed by atoms with Crippen LogP contribution in [0.4, 0.5) is 11.9 Å². The fourth-order valence-electron chi connectivity index (χ4n) is 2.04. The molecule has 23 heavy (non-hydrogen) atoms. The van der Waals surface area contributed by atoms with Gasteiger partial charge in [0.2, 0.25) is 17.1 Å². The third kappa shape index (κ3) is 3.21. The van der Waals surface area contributed by atoms with E-state index in [1.807, 2.05) is 32.0 Å². The molecule has 10 heteroatoms. The van der Waals surface area contributed by atoms with Gasteiger partial charge >= 0.3 is 0 Å². The van der Waals surface area contributed by atoms with Crippen LogP contribution in [0.5, 0.6) is 0 Å². The van der Waals surface area contributed by atoms with Crippen LogP contribution < -0.4 is 11.5 Å². The summed E-state index contributed by atoms with van der Waals surface area (Å²) in [4.78, 5) is 11.8. The van der Waals surface area contributed by atoms with E-state index in [4.69, 9.17) is 11.5 Å². The number of rotatable bonds is 4. The van der Waals surface area contributed by atoms with Crippen molar-refractivity contribution < 1.29 is 0 Å². The molecule has 0 aliphatic heterocycles. The Morgan fingerprint density at radius 3 is 2.57 bits per heavy atom. The van der Waals surface area contributed by atoms with Gasteiger partial charge in [-0.25, -0.2) is 0 Å². The first-order chi connectivity index (χ1) is 11.0. The van der Waals surface area contributed by atoms with Crippen LogP contribution in [0.25, 0.3) is 5.69 Å². The van der Waals surface area contributed by atoms with Crippen LogP contribution in [-0.4, -0.2) is 35.2 Å². The molecular weight excluding hydrogens is 314 g/mol.